The van der Waals surface area contributed by atoms with Gasteiger partial charge in [-0.05, 0) is 45.1 Å². The van der Waals surface area contributed by atoms with Crippen LogP contribution in [0, 0.1) is 5.92 Å². The molecule has 1 saturated carbocycles. The summed E-state index contributed by atoms with van der Waals surface area (Å²) in [7, 11) is 3.61. The number of ether oxygens (including phenoxy) is 2. The third-order valence-corrected chi connectivity index (χ3v) is 5.95. The van der Waals surface area contributed by atoms with E-state index in [4.69, 9.17) is 14.5 Å². The molecule has 1 amide bonds. The number of aryl methyl sites for hydroxylation is 1. The highest BCUT2D eigenvalue weighted by Crippen LogP contribution is 2.33. The fraction of sp³-hybridized carbons (Fsp3) is 0.591. The molecule has 1 aliphatic carbocycles. The number of amidine groups is 1. The Kier molecular flexibility index (Phi) is 6.43. The molecule has 1 aromatic carbocycles. The number of nitrogens with one attached hydrogen (secondary N) is 3. The van der Waals surface area contributed by atoms with Crippen molar-refractivity contribution in [1.29, 1.82) is 0 Å². The van der Waals surface area contributed by atoms with E-state index in [9.17, 15) is 4.79 Å². The number of hydrazine groups is 1. The van der Waals surface area contributed by atoms with Crippen LogP contribution in [0.25, 0.3) is 10.9 Å². The highest BCUT2D eigenvalue weighted by atomic mass is 16.6. The molecule has 3 N–H and O–H groups in total. The maximum absolute atomic E-state index is 11.9. The second-order valence-electron chi connectivity index (χ2n) is 8.71. The number of benzene rings is 1. The average molecular weight is 429 g/mol. The second-order valence-corrected chi connectivity index (χ2v) is 8.71. The molecule has 1 aliphatic heterocycles. The van der Waals surface area contributed by atoms with E-state index in [2.05, 4.69) is 27.3 Å². The van der Waals surface area contributed by atoms with Crippen molar-refractivity contribution >= 4 is 28.5 Å². The van der Waals surface area contributed by atoms with Gasteiger partial charge in [0.05, 0.1) is 23.5 Å². The van der Waals surface area contributed by atoms with Crippen LogP contribution in [0.5, 0.6) is 0 Å². The van der Waals surface area contributed by atoms with Gasteiger partial charge >= 0.3 is 6.09 Å². The van der Waals surface area contributed by atoms with E-state index in [0.717, 1.165) is 53.8 Å². The summed E-state index contributed by atoms with van der Waals surface area (Å²) in [6.07, 6.45) is 3.28. The summed E-state index contributed by atoms with van der Waals surface area (Å²) in [6.45, 7) is 4.33. The van der Waals surface area contributed by atoms with Crippen LogP contribution in [0.15, 0.2) is 23.2 Å². The standard InChI is InChI=1S/C22H32N6O3/c1-13(2)23-22(29)31-15-9-8-14(10-15)18-11-20(26-25-18)24-17-7-5-6-16-19(12-30-4)27-28(3)21(16)17/h5-7,13-15,18,25H,8-12H2,1-4H3,(H,23,29)(H,24,26). The molecule has 9 nitrogen and oxygen atoms in total. The molecule has 2 aliphatic rings. The first-order valence-electron chi connectivity index (χ1n) is 10.9. The summed E-state index contributed by atoms with van der Waals surface area (Å²) in [6, 6.07) is 6.42. The summed E-state index contributed by atoms with van der Waals surface area (Å²) >= 11 is 0. The topological polar surface area (TPSA) is 102 Å². The number of aliphatic imine (C=N–C) groups is 1. The molecule has 9 heteroatoms. The Morgan fingerprint density at radius 2 is 2.23 bits per heavy atom. The lowest BCUT2D eigenvalue weighted by atomic mass is 9.96. The molecule has 2 aromatic rings. The molecule has 0 spiro atoms. The fourth-order valence-electron chi connectivity index (χ4n) is 4.58. The molecule has 4 rings (SSSR count). The maximum Gasteiger partial charge on any atom is 0.407 e. The minimum Gasteiger partial charge on any atom is -0.446 e. The van der Waals surface area contributed by atoms with Gasteiger partial charge in [0.15, 0.2) is 0 Å². The van der Waals surface area contributed by atoms with Crippen molar-refractivity contribution in [3.05, 3.63) is 23.9 Å². The van der Waals surface area contributed by atoms with Crippen molar-refractivity contribution in [3.8, 4) is 0 Å². The van der Waals surface area contributed by atoms with Gasteiger partial charge in [-0.15, -0.1) is 0 Å². The van der Waals surface area contributed by atoms with Crippen LogP contribution in [-0.4, -0.2) is 47.0 Å². The van der Waals surface area contributed by atoms with E-state index in [1.165, 1.54) is 0 Å². The van der Waals surface area contributed by atoms with Gasteiger partial charge in [-0.3, -0.25) is 4.68 Å². The predicted octanol–water partition coefficient (Wildman–Crippen LogP) is 2.92. The second kappa shape index (κ2) is 9.23. The Hall–Kier alpha value is -2.65. The van der Waals surface area contributed by atoms with Crippen molar-refractivity contribution in [1.82, 2.24) is 25.9 Å². The maximum atomic E-state index is 11.9. The highest BCUT2D eigenvalue weighted by Gasteiger charge is 2.36. The van der Waals surface area contributed by atoms with Gasteiger partial charge < -0.3 is 20.2 Å². The highest BCUT2D eigenvalue weighted by molar-refractivity contribution is 5.95. The Morgan fingerprint density at radius 1 is 1.39 bits per heavy atom. The van der Waals surface area contributed by atoms with E-state index in [1.807, 2.05) is 37.7 Å². The molecule has 168 valence electrons. The molecule has 3 unspecified atom stereocenters. The molecule has 3 atom stereocenters. The Labute approximate surface area is 182 Å². The smallest absolute Gasteiger partial charge is 0.407 e. The van der Waals surface area contributed by atoms with Gasteiger partial charge in [-0.1, -0.05) is 12.1 Å². The lowest BCUT2D eigenvalue weighted by molar-refractivity contribution is 0.0956. The Balaban J connectivity index is 1.41. The zero-order chi connectivity index (χ0) is 22.0. The van der Waals surface area contributed by atoms with E-state index >= 15 is 0 Å². The number of fused-ring (bicyclic) bond motifs is 1. The molecule has 0 bridgehead atoms. The lowest BCUT2D eigenvalue weighted by Gasteiger charge is -2.18. The summed E-state index contributed by atoms with van der Waals surface area (Å²) in [4.78, 5) is 16.8. The van der Waals surface area contributed by atoms with E-state index in [1.54, 1.807) is 7.11 Å². The summed E-state index contributed by atoms with van der Waals surface area (Å²) < 4.78 is 12.7. The van der Waals surface area contributed by atoms with Gasteiger partial charge in [0.25, 0.3) is 0 Å². The van der Waals surface area contributed by atoms with Crippen LogP contribution in [-0.2, 0) is 23.1 Å². The minimum absolute atomic E-state index is 0.0195. The number of amides is 1. The Morgan fingerprint density at radius 3 is 3.00 bits per heavy atom. The average Bonchev–Trinajstić information content (AvgIpc) is 3.42. The summed E-state index contributed by atoms with van der Waals surface area (Å²) in [5.74, 6) is 1.35. The van der Waals surface area contributed by atoms with Crippen molar-refractivity contribution < 1.29 is 14.3 Å². The van der Waals surface area contributed by atoms with Gasteiger partial charge in [-0.2, -0.15) is 5.10 Å². The zero-order valence-corrected chi connectivity index (χ0v) is 18.6. The fourth-order valence-corrected chi connectivity index (χ4v) is 4.58. The monoisotopic (exact) mass is 428 g/mol. The van der Waals surface area contributed by atoms with Crippen LogP contribution >= 0.6 is 0 Å². The predicted molar refractivity (Wildman–Crippen MR) is 119 cm³/mol. The van der Waals surface area contributed by atoms with Crippen LogP contribution in [0.4, 0.5) is 10.5 Å². The van der Waals surface area contributed by atoms with Gasteiger partial charge in [0, 0.05) is 38.0 Å². The SMILES string of the molecule is COCc1nn(C)c2c(N=C3CC(C4CCC(OC(=O)NC(C)C)C4)NN3)cccc12. The molecule has 2 heterocycles. The van der Waals surface area contributed by atoms with Gasteiger partial charge in [0.1, 0.15) is 11.9 Å². The van der Waals surface area contributed by atoms with Crippen molar-refractivity contribution in [3.63, 3.8) is 0 Å². The molecule has 1 saturated heterocycles. The van der Waals surface area contributed by atoms with Crippen LogP contribution in [0.3, 0.4) is 0 Å². The number of carbonyl (C=O) groups is 1. The Bertz CT molecular complexity index is 970. The molecular formula is C22H32N6O3. The molecule has 0 radical (unpaired) electrons. The number of rotatable bonds is 6. The number of alkyl carbamates (subject to hydrolysis) is 1. The van der Waals surface area contributed by atoms with Gasteiger partial charge in [-0.25, -0.2) is 15.2 Å². The summed E-state index contributed by atoms with van der Waals surface area (Å²) in [5, 5.41) is 8.44. The first kappa shape index (κ1) is 21.6. The molecule has 31 heavy (non-hydrogen) atoms. The van der Waals surface area contributed by atoms with E-state index < -0.39 is 0 Å². The van der Waals surface area contributed by atoms with Crippen LogP contribution in [0.1, 0.15) is 45.2 Å². The zero-order valence-electron chi connectivity index (χ0n) is 18.6. The van der Waals surface area contributed by atoms with Gasteiger partial charge in [0.2, 0.25) is 0 Å². The van der Waals surface area contributed by atoms with Crippen LogP contribution < -0.4 is 16.2 Å². The van der Waals surface area contributed by atoms with E-state index in [0.29, 0.717) is 12.5 Å². The first-order chi connectivity index (χ1) is 14.9. The quantitative estimate of drug-likeness (QED) is 0.654. The molecule has 2 fully saturated rings. The number of carbonyl (C=O) groups excluding carboxylic acids is 1. The number of hydrogen-bond acceptors (Lipinski definition) is 6. The number of methoxy groups -OCH3 is 1. The largest absolute Gasteiger partial charge is 0.446 e. The number of nitrogens with zero attached hydrogens (tertiary/aromatic N) is 3. The first-order valence-corrected chi connectivity index (χ1v) is 10.9. The minimum atomic E-state index is -0.322. The third kappa shape index (κ3) is 4.83. The normalized spacial score (nSPS) is 24.8. The summed E-state index contributed by atoms with van der Waals surface area (Å²) in [5.41, 5.74) is 9.44. The molecule has 1 aromatic heterocycles. The van der Waals surface area contributed by atoms with Crippen molar-refractivity contribution in [2.24, 2.45) is 18.0 Å². The van der Waals surface area contributed by atoms with Crippen molar-refractivity contribution in [2.75, 3.05) is 7.11 Å². The molecular weight excluding hydrogens is 396 g/mol. The van der Waals surface area contributed by atoms with E-state index in [-0.39, 0.29) is 24.3 Å². The number of aromatic nitrogens is 2. The van der Waals surface area contributed by atoms with Crippen LogP contribution in [0.2, 0.25) is 0 Å². The van der Waals surface area contributed by atoms with Crippen molar-refractivity contribution in [2.45, 2.75) is 64.3 Å². The third-order valence-electron chi connectivity index (χ3n) is 5.95. The lowest BCUT2D eigenvalue weighted by Crippen LogP contribution is -2.36. The number of hydrogen-bond donors (Lipinski definition) is 3. The number of para-hydroxylation sites is 1.